The van der Waals surface area contributed by atoms with Crippen LogP contribution in [0.25, 0.3) is 0 Å². The summed E-state index contributed by atoms with van der Waals surface area (Å²) in [5, 5.41) is 8.99. The van der Waals surface area contributed by atoms with Gasteiger partial charge in [0.15, 0.2) is 0 Å². The second kappa shape index (κ2) is 5.46. The van der Waals surface area contributed by atoms with Crippen LogP contribution in [-0.4, -0.2) is 36.9 Å². The van der Waals surface area contributed by atoms with Crippen LogP contribution in [-0.2, 0) is 10.0 Å². The van der Waals surface area contributed by atoms with E-state index in [1.807, 2.05) is 13.8 Å². The highest BCUT2D eigenvalue weighted by Crippen LogP contribution is 2.31. The molecule has 20 heavy (non-hydrogen) atoms. The minimum atomic E-state index is -3.67. The summed E-state index contributed by atoms with van der Waals surface area (Å²) in [6.07, 6.45) is 0. The van der Waals surface area contributed by atoms with Crippen LogP contribution in [0.3, 0.4) is 0 Å². The van der Waals surface area contributed by atoms with E-state index in [4.69, 9.17) is 5.11 Å². The summed E-state index contributed by atoms with van der Waals surface area (Å²) in [4.78, 5) is 11.0. The fourth-order valence-electron chi connectivity index (χ4n) is 2.25. The van der Waals surface area contributed by atoms with Gasteiger partial charge in [-0.2, -0.15) is 4.31 Å². The molecule has 1 N–H and O–H groups in total. The normalized spacial score (nSPS) is 23.9. The number of sulfonamides is 1. The predicted octanol–water partition coefficient (Wildman–Crippen LogP) is 2.42. The van der Waals surface area contributed by atoms with E-state index in [0.717, 1.165) is 0 Å². The third kappa shape index (κ3) is 2.75. The Morgan fingerprint density at radius 3 is 2.35 bits per heavy atom. The van der Waals surface area contributed by atoms with Crippen molar-refractivity contribution < 1.29 is 18.3 Å². The van der Waals surface area contributed by atoms with Crippen LogP contribution < -0.4 is 0 Å². The Labute approximate surface area is 126 Å². The predicted molar refractivity (Wildman–Crippen MR) is 78.2 cm³/mol. The minimum Gasteiger partial charge on any atom is -0.478 e. The van der Waals surface area contributed by atoms with E-state index in [2.05, 4.69) is 15.9 Å². The molecule has 1 fully saturated rings. The third-order valence-electron chi connectivity index (χ3n) is 3.75. The lowest BCUT2D eigenvalue weighted by atomic mass is 10.0. The fourth-order valence-corrected chi connectivity index (χ4v) is 4.84. The van der Waals surface area contributed by atoms with Crippen LogP contribution in [0.5, 0.6) is 0 Å². The molecule has 110 valence electrons. The first-order valence-electron chi connectivity index (χ1n) is 6.26. The summed E-state index contributed by atoms with van der Waals surface area (Å²) in [6.45, 7) is 4.96. The van der Waals surface area contributed by atoms with Crippen molar-refractivity contribution in [1.29, 1.82) is 0 Å². The standard InChI is InChI=1S/C13H16BrNO4S/c1-8-6-15(7-9(8)2)20(18,19)12-5-10(13(16)17)3-4-11(12)14/h3-5,8-9H,6-7H2,1-2H3,(H,16,17). The van der Waals surface area contributed by atoms with Crippen molar-refractivity contribution in [2.24, 2.45) is 11.8 Å². The Kier molecular flexibility index (Phi) is 4.22. The van der Waals surface area contributed by atoms with Crippen molar-refractivity contribution in [2.75, 3.05) is 13.1 Å². The van der Waals surface area contributed by atoms with Gasteiger partial charge in [0, 0.05) is 17.6 Å². The molecule has 2 rings (SSSR count). The summed E-state index contributed by atoms with van der Waals surface area (Å²) in [5.74, 6) is -0.547. The maximum Gasteiger partial charge on any atom is 0.335 e. The molecule has 2 atom stereocenters. The smallest absolute Gasteiger partial charge is 0.335 e. The van der Waals surface area contributed by atoms with Crippen LogP contribution in [0, 0.1) is 11.8 Å². The van der Waals surface area contributed by atoms with Gasteiger partial charge in [-0.3, -0.25) is 0 Å². The number of rotatable bonds is 3. The van der Waals surface area contributed by atoms with Gasteiger partial charge in [-0.05, 0) is 46.0 Å². The van der Waals surface area contributed by atoms with Gasteiger partial charge in [0.25, 0.3) is 0 Å². The van der Waals surface area contributed by atoms with Gasteiger partial charge >= 0.3 is 5.97 Å². The van der Waals surface area contributed by atoms with Crippen molar-refractivity contribution >= 4 is 31.9 Å². The molecule has 0 aliphatic carbocycles. The molecular formula is C13H16BrNO4S. The number of halogens is 1. The highest BCUT2D eigenvalue weighted by Gasteiger charge is 2.36. The lowest BCUT2D eigenvalue weighted by molar-refractivity contribution is 0.0696. The molecule has 2 unspecified atom stereocenters. The van der Waals surface area contributed by atoms with Crippen molar-refractivity contribution in [3.8, 4) is 0 Å². The Morgan fingerprint density at radius 1 is 1.30 bits per heavy atom. The van der Waals surface area contributed by atoms with Crippen LogP contribution in [0.1, 0.15) is 24.2 Å². The van der Waals surface area contributed by atoms with Gasteiger partial charge in [-0.25, -0.2) is 13.2 Å². The van der Waals surface area contributed by atoms with Crippen LogP contribution in [0.15, 0.2) is 27.6 Å². The van der Waals surface area contributed by atoms with Crippen LogP contribution in [0.4, 0.5) is 0 Å². The van der Waals surface area contributed by atoms with E-state index < -0.39 is 16.0 Å². The molecule has 1 aromatic rings. The molecule has 1 aliphatic rings. The number of benzene rings is 1. The van der Waals surface area contributed by atoms with Crippen molar-refractivity contribution in [3.05, 3.63) is 28.2 Å². The third-order valence-corrected chi connectivity index (χ3v) is 6.58. The molecule has 5 nitrogen and oxygen atoms in total. The summed E-state index contributed by atoms with van der Waals surface area (Å²) in [6, 6.07) is 4.04. The Balaban J connectivity index is 2.44. The molecular weight excluding hydrogens is 346 g/mol. The van der Waals surface area contributed by atoms with E-state index in [0.29, 0.717) is 29.4 Å². The highest BCUT2D eigenvalue weighted by molar-refractivity contribution is 9.10. The first-order chi connectivity index (χ1) is 9.23. The molecule has 0 bridgehead atoms. The molecule has 7 heteroatoms. The molecule has 0 spiro atoms. The number of carboxylic acid groups (broad SMARTS) is 1. The lowest BCUT2D eigenvalue weighted by Crippen LogP contribution is -2.29. The lowest BCUT2D eigenvalue weighted by Gasteiger charge is -2.17. The molecule has 1 aliphatic heterocycles. The molecule has 0 aromatic heterocycles. The topological polar surface area (TPSA) is 74.7 Å². The van der Waals surface area contributed by atoms with Gasteiger partial charge in [-0.1, -0.05) is 13.8 Å². The summed E-state index contributed by atoms with van der Waals surface area (Å²) >= 11 is 3.19. The summed E-state index contributed by atoms with van der Waals surface area (Å²) in [7, 11) is -3.67. The number of hydrogen-bond acceptors (Lipinski definition) is 3. The zero-order chi connectivity index (χ0) is 15.1. The average Bonchev–Trinajstić information content (AvgIpc) is 2.70. The monoisotopic (exact) mass is 361 g/mol. The Morgan fingerprint density at radius 2 is 1.85 bits per heavy atom. The van der Waals surface area contributed by atoms with Crippen LogP contribution >= 0.6 is 15.9 Å². The first kappa shape index (κ1) is 15.5. The number of nitrogens with zero attached hydrogens (tertiary/aromatic N) is 1. The van der Waals surface area contributed by atoms with Crippen molar-refractivity contribution in [3.63, 3.8) is 0 Å². The molecule has 1 heterocycles. The molecule has 0 amide bonds. The second-order valence-corrected chi connectivity index (χ2v) is 7.99. The number of aromatic carboxylic acids is 1. The largest absolute Gasteiger partial charge is 0.478 e. The Bertz CT molecular complexity index is 634. The van der Waals surface area contributed by atoms with Gasteiger partial charge in [0.1, 0.15) is 0 Å². The SMILES string of the molecule is CC1CN(S(=O)(=O)c2cc(C(=O)O)ccc2Br)CC1C. The number of hydrogen-bond donors (Lipinski definition) is 1. The average molecular weight is 362 g/mol. The van der Waals surface area contributed by atoms with E-state index in [1.165, 1.54) is 22.5 Å². The summed E-state index contributed by atoms with van der Waals surface area (Å²) < 4.78 is 27.1. The van der Waals surface area contributed by atoms with Gasteiger partial charge < -0.3 is 5.11 Å². The fraction of sp³-hybridized carbons (Fsp3) is 0.462. The number of carboxylic acids is 1. The van der Waals surface area contributed by atoms with E-state index in [1.54, 1.807) is 0 Å². The van der Waals surface area contributed by atoms with Crippen molar-refractivity contribution in [1.82, 2.24) is 4.31 Å². The maximum atomic E-state index is 12.6. The second-order valence-electron chi connectivity index (χ2n) is 5.23. The highest BCUT2D eigenvalue weighted by atomic mass is 79.9. The van der Waals surface area contributed by atoms with E-state index in [9.17, 15) is 13.2 Å². The molecule has 1 saturated heterocycles. The quantitative estimate of drug-likeness (QED) is 0.896. The molecule has 0 radical (unpaired) electrons. The zero-order valence-electron chi connectivity index (χ0n) is 11.2. The molecule has 1 aromatic carbocycles. The van der Waals surface area contributed by atoms with Crippen molar-refractivity contribution in [2.45, 2.75) is 18.7 Å². The van der Waals surface area contributed by atoms with Gasteiger partial charge in [0.05, 0.1) is 10.5 Å². The van der Waals surface area contributed by atoms with Gasteiger partial charge in [-0.15, -0.1) is 0 Å². The maximum absolute atomic E-state index is 12.6. The minimum absolute atomic E-state index is 0.0127. The molecule has 0 saturated carbocycles. The number of carbonyl (C=O) groups is 1. The summed E-state index contributed by atoms with van der Waals surface area (Å²) in [5.41, 5.74) is -0.0351. The van der Waals surface area contributed by atoms with Crippen LogP contribution in [0.2, 0.25) is 0 Å². The Hall–Kier alpha value is -0.920. The van der Waals surface area contributed by atoms with Gasteiger partial charge in [0.2, 0.25) is 10.0 Å². The zero-order valence-corrected chi connectivity index (χ0v) is 13.6. The van der Waals surface area contributed by atoms with E-state index in [-0.39, 0.29) is 10.5 Å². The van der Waals surface area contributed by atoms with E-state index >= 15 is 0 Å². The first-order valence-corrected chi connectivity index (χ1v) is 8.49.